The van der Waals surface area contributed by atoms with Crippen LogP contribution in [-0.4, -0.2) is 25.4 Å². The summed E-state index contributed by atoms with van der Waals surface area (Å²) in [6, 6.07) is 4.84. The Morgan fingerprint density at radius 3 is 3.00 bits per heavy atom. The maximum Gasteiger partial charge on any atom is 0.127 e. The van der Waals surface area contributed by atoms with E-state index in [2.05, 4.69) is 0 Å². The lowest BCUT2D eigenvalue weighted by molar-refractivity contribution is 0.0981. The topological polar surface area (TPSA) is 44.5 Å². The molecule has 0 aliphatic carbocycles. The summed E-state index contributed by atoms with van der Waals surface area (Å²) in [7, 11) is 0. The molecule has 1 aromatic carbocycles. The van der Waals surface area contributed by atoms with Crippen LogP contribution >= 0.6 is 0 Å². The van der Waals surface area contributed by atoms with Crippen molar-refractivity contribution in [2.75, 3.05) is 13.2 Å². The van der Waals surface area contributed by atoms with Crippen LogP contribution < -0.4 is 10.5 Å². The zero-order valence-corrected chi connectivity index (χ0v) is 12.1. The van der Waals surface area contributed by atoms with Gasteiger partial charge in [0.1, 0.15) is 11.6 Å². The Labute approximate surface area is 120 Å². The summed E-state index contributed by atoms with van der Waals surface area (Å²) in [6.45, 7) is 3.39. The van der Waals surface area contributed by atoms with Gasteiger partial charge in [-0.05, 0) is 56.7 Å². The zero-order valence-electron chi connectivity index (χ0n) is 12.1. The summed E-state index contributed by atoms with van der Waals surface area (Å²) in [5, 5.41) is 0. The van der Waals surface area contributed by atoms with Gasteiger partial charge in [-0.25, -0.2) is 4.39 Å². The molecule has 1 saturated heterocycles. The fourth-order valence-electron chi connectivity index (χ4n) is 2.57. The van der Waals surface area contributed by atoms with E-state index in [9.17, 15) is 4.39 Å². The molecule has 20 heavy (non-hydrogen) atoms. The number of halogens is 1. The van der Waals surface area contributed by atoms with Crippen LogP contribution in [-0.2, 0) is 11.2 Å². The standard InChI is InChI=1S/C16H24FNO2/c1-12(18)8-13-9-14(17)11-16(10-13)20-7-3-5-15-4-2-6-19-15/h9-12,15H,2-8,18H2,1H3. The third-order valence-electron chi connectivity index (χ3n) is 3.45. The van der Waals surface area contributed by atoms with Crippen LogP contribution in [0.4, 0.5) is 4.39 Å². The summed E-state index contributed by atoms with van der Waals surface area (Å²) in [6.07, 6.45) is 5.31. The Morgan fingerprint density at radius 2 is 2.30 bits per heavy atom. The molecule has 0 amide bonds. The minimum atomic E-state index is -0.266. The Bertz CT molecular complexity index is 417. The third-order valence-corrected chi connectivity index (χ3v) is 3.45. The Hall–Kier alpha value is -1.13. The van der Waals surface area contributed by atoms with E-state index in [-0.39, 0.29) is 11.9 Å². The molecule has 2 atom stereocenters. The molecule has 1 heterocycles. The largest absolute Gasteiger partial charge is 0.493 e. The van der Waals surface area contributed by atoms with Crippen molar-refractivity contribution in [1.82, 2.24) is 0 Å². The summed E-state index contributed by atoms with van der Waals surface area (Å²) in [5.41, 5.74) is 6.62. The van der Waals surface area contributed by atoms with Gasteiger partial charge in [0.2, 0.25) is 0 Å². The monoisotopic (exact) mass is 281 g/mol. The van der Waals surface area contributed by atoms with Crippen LogP contribution in [0.15, 0.2) is 18.2 Å². The highest BCUT2D eigenvalue weighted by Crippen LogP contribution is 2.19. The van der Waals surface area contributed by atoms with Crippen molar-refractivity contribution in [3.8, 4) is 5.75 Å². The second-order valence-electron chi connectivity index (χ2n) is 5.60. The molecule has 0 bridgehead atoms. The Kier molecular flexibility index (Phi) is 5.80. The summed E-state index contributed by atoms with van der Waals surface area (Å²) >= 11 is 0. The van der Waals surface area contributed by atoms with Crippen LogP contribution in [0.5, 0.6) is 5.75 Å². The van der Waals surface area contributed by atoms with Gasteiger partial charge >= 0.3 is 0 Å². The Morgan fingerprint density at radius 1 is 1.45 bits per heavy atom. The first-order chi connectivity index (χ1) is 9.63. The van der Waals surface area contributed by atoms with E-state index in [1.807, 2.05) is 13.0 Å². The first-order valence-corrected chi connectivity index (χ1v) is 7.43. The van der Waals surface area contributed by atoms with Gasteiger partial charge in [0.05, 0.1) is 12.7 Å². The van der Waals surface area contributed by atoms with Gasteiger partial charge in [0.15, 0.2) is 0 Å². The van der Waals surface area contributed by atoms with Gasteiger partial charge in [-0.15, -0.1) is 0 Å². The molecule has 0 aromatic heterocycles. The molecule has 1 aliphatic heterocycles. The van der Waals surface area contributed by atoms with Crippen molar-refractivity contribution in [1.29, 1.82) is 0 Å². The molecular weight excluding hydrogens is 257 g/mol. The van der Waals surface area contributed by atoms with Gasteiger partial charge in [-0.3, -0.25) is 0 Å². The predicted octanol–water partition coefficient (Wildman–Crippen LogP) is 3.05. The second-order valence-corrected chi connectivity index (χ2v) is 5.60. The van der Waals surface area contributed by atoms with Crippen molar-refractivity contribution in [2.45, 2.75) is 51.2 Å². The quantitative estimate of drug-likeness (QED) is 0.781. The molecule has 0 radical (unpaired) electrons. The van der Waals surface area contributed by atoms with Crippen LogP contribution in [0.25, 0.3) is 0 Å². The molecule has 2 rings (SSSR count). The van der Waals surface area contributed by atoms with E-state index < -0.39 is 0 Å². The molecule has 112 valence electrons. The van der Waals surface area contributed by atoms with Crippen LogP contribution in [0.2, 0.25) is 0 Å². The van der Waals surface area contributed by atoms with Gasteiger partial charge in [-0.1, -0.05) is 0 Å². The van der Waals surface area contributed by atoms with E-state index in [1.165, 1.54) is 12.1 Å². The van der Waals surface area contributed by atoms with Crippen LogP contribution in [0.1, 0.15) is 38.2 Å². The fraction of sp³-hybridized carbons (Fsp3) is 0.625. The lowest BCUT2D eigenvalue weighted by Crippen LogP contribution is -2.17. The van der Waals surface area contributed by atoms with Crippen molar-refractivity contribution in [3.63, 3.8) is 0 Å². The third kappa shape index (κ3) is 5.10. The smallest absolute Gasteiger partial charge is 0.127 e. The lowest BCUT2D eigenvalue weighted by Gasteiger charge is -2.12. The maximum atomic E-state index is 13.5. The van der Waals surface area contributed by atoms with Gasteiger partial charge < -0.3 is 15.2 Å². The highest BCUT2D eigenvalue weighted by atomic mass is 19.1. The molecule has 2 unspecified atom stereocenters. The second kappa shape index (κ2) is 7.60. The maximum absolute atomic E-state index is 13.5. The molecule has 2 N–H and O–H groups in total. The predicted molar refractivity (Wildman–Crippen MR) is 77.5 cm³/mol. The zero-order chi connectivity index (χ0) is 14.4. The highest BCUT2D eigenvalue weighted by Gasteiger charge is 2.14. The number of nitrogens with two attached hydrogens (primary N) is 1. The number of rotatable bonds is 7. The molecule has 1 aromatic rings. The average molecular weight is 281 g/mol. The number of ether oxygens (including phenoxy) is 2. The molecule has 1 fully saturated rings. The summed E-state index contributed by atoms with van der Waals surface area (Å²) in [5.74, 6) is 0.324. The summed E-state index contributed by atoms with van der Waals surface area (Å²) in [4.78, 5) is 0. The molecular formula is C16H24FNO2. The van der Waals surface area contributed by atoms with Gasteiger partial charge in [-0.2, -0.15) is 0 Å². The first kappa shape index (κ1) is 15.3. The van der Waals surface area contributed by atoms with Gasteiger partial charge in [0, 0.05) is 18.7 Å². The molecule has 1 aliphatic rings. The summed E-state index contributed by atoms with van der Waals surface area (Å²) < 4.78 is 24.7. The van der Waals surface area contributed by atoms with E-state index in [1.54, 1.807) is 0 Å². The highest BCUT2D eigenvalue weighted by molar-refractivity contribution is 5.30. The fourth-order valence-corrected chi connectivity index (χ4v) is 2.57. The van der Waals surface area contributed by atoms with E-state index in [0.29, 0.717) is 24.9 Å². The van der Waals surface area contributed by atoms with Gasteiger partial charge in [0.25, 0.3) is 0 Å². The van der Waals surface area contributed by atoms with Crippen molar-refractivity contribution in [2.24, 2.45) is 5.73 Å². The molecule has 0 saturated carbocycles. The molecule has 4 heteroatoms. The molecule has 3 nitrogen and oxygen atoms in total. The van der Waals surface area contributed by atoms with Crippen molar-refractivity contribution >= 4 is 0 Å². The SMILES string of the molecule is CC(N)Cc1cc(F)cc(OCCCC2CCCO2)c1. The normalized spacial score (nSPS) is 20.1. The molecule has 0 spiro atoms. The minimum Gasteiger partial charge on any atom is -0.493 e. The van der Waals surface area contributed by atoms with E-state index in [4.69, 9.17) is 15.2 Å². The van der Waals surface area contributed by atoms with Crippen LogP contribution in [0, 0.1) is 5.82 Å². The van der Waals surface area contributed by atoms with E-state index >= 15 is 0 Å². The van der Waals surface area contributed by atoms with Crippen molar-refractivity contribution < 1.29 is 13.9 Å². The van der Waals surface area contributed by atoms with Crippen LogP contribution in [0.3, 0.4) is 0 Å². The average Bonchev–Trinajstić information content (AvgIpc) is 2.86. The minimum absolute atomic E-state index is 0.0177. The first-order valence-electron chi connectivity index (χ1n) is 7.43. The Balaban J connectivity index is 1.77. The lowest BCUT2D eigenvalue weighted by atomic mass is 10.1. The number of benzene rings is 1. The van der Waals surface area contributed by atoms with Crippen molar-refractivity contribution in [3.05, 3.63) is 29.6 Å². The number of hydrogen-bond acceptors (Lipinski definition) is 3. The number of hydrogen-bond donors (Lipinski definition) is 1. The van der Waals surface area contributed by atoms with E-state index in [0.717, 1.165) is 37.9 Å².